The van der Waals surface area contributed by atoms with Gasteiger partial charge in [0.05, 0.1) is 5.09 Å². The maximum absolute atomic E-state index is 8.25. The van der Waals surface area contributed by atoms with Crippen LogP contribution < -0.4 is 11.5 Å². The van der Waals surface area contributed by atoms with E-state index in [9.17, 15) is 0 Å². The largest absolute Gasteiger partial charge is 1.00 e. The number of rotatable bonds is 0. The van der Waals surface area contributed by atoms with E-state index in [1.54, 1.807) is 12.4 Å². The summed E-state index contributed by atoms with van der Waals surface area (Å²) in [5, 5.41) is 14.8. The van der Waals surface area contributed by atoms with Crippen LogP contribution in [0.3, 0.4) is 0 Å². The van der Waals surface area contributed by atoms with E-state index in [0.717, 1.165) is 11.1 Å². The summed E-state index contributed by atoms with van der Waals surface area (Å²) in [7, 11) is 0. The number of aryl methyl sites for hydroxylation is 2. The maximum atomic E-state index is 8.25. The smallest absolute Gasteiger partial charge is 0.383 e. The zero-order valence-electron chi connectivity index (χ0n) is 11.5. The van der Waals surface area contributed by atoms with Gasteiger partial charge in [0.1, 0.15) is 11.6 Å². The fourth-order valence-corrected chi connectivity index (χ4v) is 0.996. The van der Waals surface area contributed by atoms with E-state index in [4.69, 9.17) is 26.8 Å². The van der Waals surface area contributed by atoms with Gasteiger partial charge < -0.3 is 26.8 Å². The molecular formula is C12H16AgN5O3. The van der Waals surface area contributed by atoms with Crippen LogP contribution >= 0.6 is 0 Å². The van der Waals surface area contributed by atoms with E-state index in [0.29, 0.717) is 11.6 Å². The van der Waals surface area contributed by atoms with Crippen LogP contribution in [0.1, 0.15) is 11.1 Å². The molecule has 0 saturated heterocycles. The van der Waals surface area contributed by atoms with E-state index in [1.165, 1.54) is 0 Å². The Hall–Kier alpha value is -2.16. The van der Waals surface area contributed by atoms with Crippen molar-refractivity contribution in [2.24, 2.45) is 0 Å². The zero-order valence-corrected chi connectivity index (χ0v) is 13.0. The topological polar surface area (TPSA) is 144 Å². The van der Waals surface area contributed by atoms with Crippen molar-refractivity contribution in [2.75, 3.05) is 11.5 Å². The monoisotopic (exact) mass is 385 g/mol. The van der Waals surface area contributed by atoms with Gasteiger partial charge in [0.15, 0.2) is 0 Å². The van der Waals surface area contributed by atoms with Gasteiger partial charge in [-0.3, -0.25) is 0 Å². The summed E-state index contributed by atoms with van der Waals surface area (Å²) < 4.78 is 0. The SMILES string of the molecule is Cc1cccnc1N.Cc1cccnc1N.O=[N+]([O-])[O-].[Ag+]. The van der Waals surface area contributed by atoms with E-state index in [2.05, 4.69) is 9.97 Å². The number of anilines is 2. The molecule has 8 nitrogen and oxygen atoms in total. The van der Waals surface area contributed by atoms with E-state index < -0.39 is 5.09 Å². The van der Waals surface area contributed by atoms with Gasteiger partial charge in [-0.25, -0.2) is 9.97 Å². The quantitative estimate of drug-likeness (QED) is 0.398. The van der Waals surface area contributed by atoms with Crippen molar-refractivity contribution < 1.29 is 27.5 Å². The predicted octanol–water partition coefficient (Wildman–Crippen LogP) is 1.70. The van der Waals surface area contributed by atoms with Crippen LogP contribution in [0.4, 0.5) is 11.6 Å². The molecule has 0 atom stereocenters. The van der Waals surface area contributed by atoms with Gasteiger partial charge in [0.2, 0.25) is 0 Å². The van der Waals surface area contributed by atoms with Crippen LogP contribution in [0.15, 0.2) is 36.7 Å². The minimum atomic E-state index is -1.75. The first-order chi connectivity index (χ1) is 9.34. The van der Waals surface area contributed by atoms with Crippen molar-refractivity contribution in [3.63, 3.8) is 0 Å². The van der Waals surface area contributed by atoms with Gasteiger partial charge in [-0.15, -0.1) is 0 Å². The number of pyridine rings is 2. The average molecular weight is 386 g/mol. The number of hydrogen-bond acceptors (Lipinski definition) is 7. The van der Waals surface area contributed by atoms with Crippen LogP contribution in [-0.4, -0.2) is 15.1 Å². The molecule has 21 heavy (non-hydrogen) atoms. The molecule has 2 aromatic rings. The van der Waals surface area contributed by atoms with Crippen molar-refractivity contribution in [3.05, 3.63) is 63.1 Å². The summed E-state index contributed by atoms with van der Waals surface area (Å²) in [6.07, 6.45) is 3.37. The first-order valence-electron chi connectivity index (χ1n) is 5.50. The molecule has 0 aromatic carbocycles. The molecule has 0 aliphatic rings. The Morgan fingerprint density at radius 2 is 1.24 bits per heavy atom. The molecule has 0 aliphatic carbocycles. The summed E-state index contributed by atoms with van der Waals surface area (Å²) >= 11 is 0. The van der Waals surface area contributed by atoms with Crippen LogP contribution in [0, 0.1) is 29.2 Å². The zero-order chi connectivity index (χ0) is 15.5. The second-order valence-corrected chi connectivity index (χ2v) is 3.63. The minimum Gasteiger partial charge on any atom is -0.383 e. The van der Waals surface area contributed by atoms with Crippen LogP contribution in [0.2, 0.25) is 0 Å². The summed E-state index contributed by atoms with van der Waals surface area (Å²) in [6, 6.07) is 7.60. The molecule has 0 bridgehead atoms. The Labute approximate surface area is 137 Å². The fraction of sp³-hybridized carbons (Fsp3) is 0.167. The summed E-state index contributed by atoms with van der Waals surface area (Å²) in [6.45, 7) is 3.87. The normalized spacial score (nSPS) is 8.10. The molecule has 0 radical (unpaired) electrons. The summed E-state index contributed by atoms with van der Waals surface area (Å²) in [5.74, 6) is 1.24. The summed E-state index contributed by atoms with van der Waals surface area (Å²) in [4.78, 5) is 16.0. The Morgan fingerprint density at radius 3 is 1.38 bits per heavy atom. The number of hydrogen-bond donors (Lipinski definition) is 2. The Kier molecular flexibility index (Phi) is 11.7. The molecule has 118 valence electrons. The third kappa shape index (κ3) is 11.4. The van der Waals surface area contributed by atoms with Crippen molar-refractivity contribution in [1.82, 2.24) is 9.97 Å². The molecule has 4 N–H and O–H groups in total. The Morgan fingerprint density at radius 1 is 0.952 bits per heavy atom. The second-order valence-electron chi connectivity index (χ2n) is 3.63. The van der Waals surface area contributed by atoms with Crippen molar-refractivity contribution >= 4 is 11.6 Å². The van der Waals surface area contributed by atoms with Gasteiger partial charge in [-0.1, -0.05) is 12.1 Å². The van der Waals surface area contributed by atoms with Crippen molar-refractivity contribution in [3.8, 4) is 0 Å². The molecular weight excluding hydrogens is 370 g/mol. The first-order valence-corrected chi connectivity index (χ1v) is 5.50. The standard InChI is InChI=1S/2C6H8N2.Ag.NO3/c2*1-5-3-2-4-8-6(5)7;;2-1(3)4/h2*2-4H,1H3,(H2,7,8);;/q;;+1;-1. The van der Waals surface area contributed by atoms with E-state index >= 15 is 0 Å². The molecule has 2 rings (SSSR count). The molecule has 2 heterocycles. The minimum absolute atomic E-state index is 0. The van der Waals surface area contributed by atoms with Crippen molar-refractivity contribution in [2.45, 2.75) is 13.8 Å². The summed E-state index contributed by atoms with van der Waals surface area (Å²) in [5.41, 5.74) is 12.9. The van der Waals surface area contributed by atoms with Gasteiger partial charge >= 0.3 is 22.4 Å². The number of aromatic nitrogens is 2. The van der Waals surface area contributed by atoms with E-state index in [-0.39, 0.29) is 22.4 Å². The molecule has 0 amide bonds. The third-order valence-electron chi connectivity index (χ3n) is 2.10. The molecule has 0 fully saturated rings. The van der Waals surface area contributed by atoms with Crippen LogP contribution in [-0.2, 0) is 22.4 Å². The van der Waals surface area contributed by atoms with Gasteiger partial charge in [-0.2, -0.15) is 0 Å². The predicted molar refractivity (Wildman–Crippen MR) is 77.1 cm³/mol. The molecule has 0 saturated carbocycles. The maximum Gasteiger partial charge on any atom is 1.00 e. The first kappa shape index (κ1) is 21.1. The number of nitrogen functional groups attached to an aromatic ring is 2. The fourth-order valence-electron chi connectivity index (χ4n) is 0.996. The number of nitrogens with two attached hydrogens (primary N) is 2. The molecule has 0 spiro atoms. The second kappa shape index (κ2) is 11.6. The van der Waals surface area contributed by atoms with Gasteiger partial charge in [-0.05, 0) is 37.1 Å². The molecule has 9 heteroatoms. The molecule has 0 aliphatic heterocycles. The number of nitrogens with zero attached hydrogens (tertiary/aromatic N) is 3. The third-order valence-corrected chi connectivity index (χ3v) is 2.10. The van der Waals surface area contributed by atoms with Crippen LogP contribution in [0.5, 0.6) is 0 Å². The average Bonchev–Trinajstić information content (AvgIpc) is 2.37. The Balaban J connectivity index is 0. The van der Waals surface area contributed by atoms with Gasteiger partial charge in [0.25, 0.3) is 0 Å². The van der Waals surface area contributed by atoms with E-state index in [1.807, 2.05) is 38.1 Å². The van der Waals surface area contributed by atoms with Gasteiger partial charge in [0, 0.05) is 12.4 Å². The van der Waals surface area contributed by atoms with Crippen molar-refractivity contribution in [1.29, 1.82) is 0 Å². The molecule has 2 aromatic heterocycles. The molecule has 0 unspecified atom stereocenters. The van der Waals surface area contributed by atoms with Crippen LogP contribution in [0.25, 0.3) is 0 Å². The Bertz CT molecular complexity index is 464.